The molecule has 6 rings (SSSR count). The van der Waals surface area contributed by atoms with E-state index in [0.717, 1.165) is 35.0 Å². The highest BCUT2D eigenvalue weighted by molar-refractivity contribution is 5.89. The van der Waals surface area contributed by atoms with E-state index >= 15 is 0 Å². The van der Waals surface area contributed by atoms with Crippen LogP contribution < -0.4 is 21.2 Å². The van der Waals surface area contributed by atoms with Crippen molar-refractivity contribution < 1.29 is 0 Å². The summed E-state index contributed by atoms with van der Waals surface area (Å²) < 4.78 is 0. The Morgan fingerprint density at radius 2 is 1.46 bits per heavy atom. The van der Waals surface area contributed by atoms with Gasteiger partial charge in [0.15, 0.2) is 0 Å². The van der Waals surface area contributed by atoms with Crippen LogP contribution in [0.2, 0.25) is 0 Å². The number of fused-ring (bicyclic) bond motifs is 7. The first-order chi connectivity index (χ1) is 11.9. The van der Waals surface area contributed by atoms with Gasteiger partial charge in [-0.1, -0.05) is 36.4 Å². The maximum atomic E-state index is 4.94. The van der Waals surface area contributed by atoms with Crippen molar-refractivity contribution in [3.63, 3.8) is 0 Å². The molecule has 0 fully saturated rings. The molecule has 2 nitrogen and oxygen atoms in total. The van der Waals surface area contributed by atoms with Gasteiger partial charge in [0.1, 0.15) is 0 Å². The third kappa shape index (κ3) is 1.46. The zero-order valence-electron chi connectivity index (χ0n) is 13.1. The highest BCUT2D eigenvalue weighted by Crippen LogP contribution is 2.25. The maximum Gasteiger partial charge on any atom is 0.0791 e. The van der Waals surface area contributed by atoms with Gasteiger partial charge in [0.05, 0.1) is 22.1 Å². The van der Waals surface area contributed by atoms with Gasteiger partial charge in [0.25, 0.3) is 0 Å². The number of rotatable bonds is 0. The van der Waals surface area contributed by atoms with E-state index < -0.39 is 0 Å². The smallest absolute Gasteiger partial charge is 0.0791 e. The van der Waals surface area contributed by atoms with Crippen molar-refractivity contribution >= 4 is 21.9 Å². The molecular formula is C22H14N2. The Balaban J connectivity index is 1.83. The molecular weight excluding hydrogens is 292 g/mol. The minimum atomic E-state index is 0.960. The quantitative estimate of drug-likeness (QED) is 0.712. The van der Waals surface area contributed by atoms with Gasteiger partial charge in [0.2, 0.25) is 0 Å². The predicted octanol–water partition coefficient (Wildman–Crippen LogP) is 2.10. The van der Waals surface area contributed by atoms with Crippen molar-refractivity contribution in [1.29, 1.82) is 0 Å². The highest BCUT2D eigenvalue weighted by atomic mass is 14.8. The van der Waals surface area contributed by atoms with Crippen LogP contribution in [0.4, 0.5) is 0 Å². The second-order valence-corrected chi connectivity index (χ2v) is 6.57. The second kappa shape index (κ2) is 4.30. The van der Waals surface area contributed by atoms with Gasteiger partial charge < -0.3 is 0 Å². The summed E-state index contributed by atoms with van der Waals surface area (Å²) in [5.41, 5.74) is 4.95. The third-order valence-corrected chi connectivity index (χ3v) is 5.29. The van der Waals surface area contributed by atoms with Crippen molar-refractivity contribution in [2.24, 2.45) is 9.98 Å². The minimum absolute atomic E-state index is 0.960. The average Bonchev–Trinajstić information content (AvgIpc) is 3.19. The van der Waals surface area contributed by atoms with E-state index in [-0.39, 0.29) is 0 Å². The van der Waals surface area contributed by atoms with Gasteiger partial charge in [0, 0.05) is 15.8 Å². The van der Waals surface area contributed by atoms with Gasteiger partial charge in [-0.2, -0.15) is 0 Å². The fourth-order valence-electron chi connectivity index (χ4n) is 4.19. The summed E-state index contributed by atoms with van der Waals surface area (Å²) in [6.07, 6.45) is 14.8. The number of allylic oxidation sites excluding steroid dienone is 8. The molecule has 2 aliphatic heterocycles. The van der Waals surface area contributed by atoms with Crippen molar-refractivity contribution in [2.75, 3.05) is 0 Å². The molecule has 24 heavy (non-hydrogen) atoms. The van der Waals surface area contributed by atoms with Crippen LogP contribution in [-0.2, 0) is 0 Å². The lowest BCUT2D eigenvalue weighted by atomic mass is 9.97. The number of benzene rings is 2. The molecule has 2 heterocycles. The van der Waals surface area contributed by atoms with E-state index in [4.69, 9.17) is 9.98 Å². The lowest BCUT2D eigenvalue weighted by Gasteiger charge is -2.05. The van der Waals surface area contributed by atoms with Gasteiger partial charge in [-0.3, -0.25) is 0 Å². The second-order valence-electron chi connectivity index (χ2n) is 6.57. The molecule has 0 bridgehead atoms. The van der Waals surface area contributed by atoms with Crippen molar-refractivity contribution in [2.45, 2.75) is 12.8 Å². The van der Waals surface area contributed by atoms with E-state index in [1.165, 1.54) is 32.4 Å². The summed E-state index contributed by atoms with van der Waals surface area (Å²) in [5, 5.41) is 7.33. The van der Waals surface area contributed by atoms with Crippen molar-refractivity contribution in [3.05, 3.63) is 93.3 Å². The van der Waals surface area contributed by atoms with Crippen LogP contribution >= 0.6 is 0 Å². The van der Waals surface area contributed by atoms with E-state index in [1.807, 2.05) is 0 Å². The fraction of sp³-hybridized carbons (Fsp3) is 0.0909. The molecule has 0 N–H and O–H groups in total. The van der Waals surface area contributed by atoms with Crippen molar-refractivity contribution in [3.8, 4) is 0 Å². The van der Waals surface area contributed by atoms with Gasteiger partial charge in [-0.05, 0) is 53.7 Å². The average molecular weight is 306 g/mol. The predicted molar refractivity (Wildman–Crippen MR) is 96.0 cm³/mol. The molecule has 0 unspecified atom stereocenters. The SMILES string of the molecule is C1=CCC2=c3ccc4c5c(ccc4c3=NC2=C1)=NC1=CC=CCC=51. The summed E-state index contributed by atoms with van der Waals surface area (Å²) in [4.78, 5) is 9.74. The molecule has 0 saturated heterocycles. The van der Waals surface area contributed by atoms with E-state index in [1.54, 1.807) is 0 Å². The van der Waals surface area contributed by atoms with Crippen LogP contribution in [0.15, 0.2) is 82.1 Å². The molecule has 0 radical (unpaired) electrons. The summed E-state index contributed by atoms with van der Waals surface area (Å²) in [7, 11) is 0. The lowest BCUT2D eigenvalue weighted by molar-refractivity contribution is 1.27. The summed E-state index contributed by atoms with van der Waals surface area (Å²) in [6.45, 7) is 0. The molecule has 0 saturated carbocycles. The van der Waals surface area contributed by atoms with Crippen LogP contribution in [0, 0.1) is 0 Å². The Morgan fingerprint density at radius 1 is 0.708 bits per heavy atom. The molecule has 2 heteroatoms. The first-order valence-electron chi connectivity index (χ1n) is 8.40. The van der Waals surface area contributed by atoms with Crippen LogP contribution in [0.1, 0.15) is 12.8 Å². The minimum Gasteiger partial charge on any atom is -0.248 e. The van der Waals surface area contributed by atoms with E-state index in [0.29, 0.717) is 0 Å². The van der Waals surface area contributed by atoms with Gasteiger partial charge >= 0.3 is 0 Å². The molecule has 112 valence electrons. The standard InChI is InChI=1S/C22H14N2/c1-3-7-18-13(5-1)15-10-9-14-16(22(15)24-18)11-12-20-21(14)17-6-2-4-8-19(17)23-20/h1-4,7-12H,5-6H2. The topological polar surface area (TPSA) is 24.7 Å². The van der Waals surface area contributed by atoms with Crippen LogP contribution in [0.25, 0.3) is 21.9 Å². The molecule has 0 atom stereocenters. The Bertz CT molecular complexity index is 1330. The molecule has 2 aromatic rings. The number of hydrogen-bond acceptors (Lipinski definition) is 2. The van der Waals surface area contributed by atoms with Gasteiger partial charge in [-0.25, -0.2) is 9.98 Å². The Kier molecular flexibility index (Phi) is 2.22. The summed E-state index contributed by atoms with van der Waals surface area (Å²) in [5.74, 6) is 0. The normalized spacial score (nSPS) is 19.2. The first-order valence-corrected chi connectivity index (χ1v) is 8.40. The van der Waals surface area contributed by atoms with Crippen molar-refractivity contribution in [1.82, 2.24) is 0 Å². The molecule has 0 spiro atoms. The summed E-state index contributed by atoms with van der Waals surface area (Å²) in [6, 6.07) is 8.86. The van der Waals surface area contributed by atoms with Gasteiger partial charge in [-0.15, -0.1) is 0 Å². The van der Waals surface area contributed by atoms with Crippen LogP contribution in [-0.4, -0.2) is 0 Å². The van der Waals surface area contributed by atoms with Crippen LogP contribution in [0.5, 0.6) is 0 Å². The molecule has 0 aromatic heterocycles. The molecule has 0 amide bonds. The maximum absolute atomic E-state index is 4.94. The van der Waals surface area contributed by atoms with Crippen LogP contribution in [0.3, 0.4) is 0 Å². The Hall–Kier alpha value is -3.00. The zero-order valence-corrected chi connectivity index (χ0v) is 13.1. The number of hydrogen-bond donors (Lipinski definition) is 0. The lowest BCUT2D eigenvalue weighted by Crippen LogP contribution is -2.30. The Labute approximate surface area is 138 Å². The monoisotopic (exact) mass is 306 g/mol. The third-order valence-electron chi connectivity index (χ3n) is 5.29. The highest BCUT2D eigenvalue weighted by Gasteiger charge is 2.19. The molecule has 2 aromatic carbocycles. The fourth-order valence-corrected chi connectivity index (χ4v) is 4.19. The first kappa shape index (κ1) is 12.4. The zero-order chi connectivity index (χ0) is 15.7. The molecule has 2 aliphatic carbocycles. The largest absolute Gasteiger partial charge is 0.248 e. The summed E-state index contributed by atoms with van der Waals surface area (Å²) >= 11 is 0. The Morgan fingerprint density at radius 3 is 2.33 bits per heavy atom. The van der Waals surface area contributed by atoms with E-state index in [2.05, 4.69) is 60.7 Å². The van der Waals surface area contributed by atoms with E-state index in [9.17, 15) is 0 Å². The molecule has 4 aliphatic rings. The number of nitrogens with zero attached hydrogens (tertiary/aromatic N) is 2.